The summed E-state index contributed by atoms with van der Waals surface area (Å²) >= 11 is 7.61. The van der Waals surface area contributed by atoms with Gasteiger partial charge in [-0.1, -0.05) is 74.0 Å². The van der Waals surface area contributed by atoms with Crippen molar-refractivity contribution in [3.63, 3.8) is 0 Å². The summed E-state index contributed by atoms with van der Waals surface area (Å²) in [6, 6.07) is 23.0. The van der Waals surface area contributed by atoms with E-state index in [1.165, 1.54) is 23.3 Å². The van der Waals surface area contributed by atoms with Crippen molar-refractivity contribution in [3.05, 3.63) is 106 Å². The standard InChI is InChI=1S/C27H23ClFN3S/c1-17(2)18-3-5-21(6-4-18)26-15-24(19-9-13-23(29)14-10-19)31-32(26)27-30-25(16-33-27)20-7-11-22(28)12-8-20/h3-14,16-17,26H,15H2,1-2H3/t26-/m0/s1. The molecule has 0 aliphatic carbocycles. The molecule has 0 spiro atoms. The molecule has 166 valence electrons. The predicted molar refractivity (Wildman–Crippen MR) is 136 cm³/mol. The van der Waals surface area contributed by atoms with E-state index in [-0.39, 0.29) is 11.9 Å². The van der Waals surface area contributed by atoms with Crippen LogP contribution in [0, 0.1) is 5.82 Å². The summed E-state index contributed by atoms with van der Waals surface area (Å²) in [7, 11) is 0. The van der Waals surface area contributed by atoms with E-state index in [0.717, 1.165) is 34.1 Å². The van der Waals surface area contributed by atoms with Crippen LogP contribution in [0.4, 0.5) is 9.52 Å². The minimum Gasteiger partial charge on any atom is -0.231 e. The number of hydrazone groups is 1. The minimum atomic E-state index is -0.248. The maximum absolute atomic E-state index is 13.5. The number of nitrogens with zero attached hydrogens (tertiary/aromatic N) is 3. The Balaban J connectivity index is 1.51. The average molecular weight is 476 g/mol. The van der Waals surface area contributed by atoms with Crippen molar-refractivity contribution in [2.45, 2.75) is 32.2 Å². The molecule has 33 heavy (non-hydrogen) atoms. The van der Waals surface area contributed by atoms with Gasteiger partial charge in [-0.3, -0.25) is 0 Å². The summed E-state index contributed by atoms with van der Waals surface area (Å²) in [5.74, 6) is 0.230. The Kier molecular flexibility index (Phi) is 6.00. The largest absolute Gasteiger partial charge is 0.231 e. The van der Waals surface area contributed by atoms with Crippen molar-refractivity contribution in [1.82, 2.24) is 4.98 Å². The van der Waals surface area contributed by atoms with Crippen molar-refractivity contribution in [1.29, 1.82) is 0 Å². The Morgan fingerprint density at radius 3 is 2.27 bits per heavy atom. The Morgan fingerprint density at radius 2 is 1.61 bits per heavy atom. The Bertz CT molecular complexity index is 1280. The van der Waals surface area contributed by atoms with Crippen LogP contribution >= 0.6 is 22.9 Å². The van der Waals surface area contributed by atoms with E-state index in [1.807, 2.05) is 34.7 Å². The third-order valence-corrected chi connectivity index (χ3v) is 6.99. The third kappa shape index (κ3) is 4.56. The zero-order chi connectivity index (χ0) is 22.9. The van der Waals surface area contributed by atoms with Crippen LogP contribution in [0.3, 0.4) is 0 Å². The van der Waals surface area contributed by atoms with Crippen LogP contribution in [0.2, 0.25) is 5.02 Å². The number of thiazole rings is 1. The first-order chi connectivity index (χ1) is 16.0. The summed E-state index contributed by atoms with van der Waals surface area (Å²) in [6.07, 6.45) is 0.725. The number of rotatable bonds is 5. The molecule has 3 aromatic carbocycles. The van der Waals surface area contributed by atoms with Gasteiger partial charge in [0.1, 0.15) is 5.82 Å². The van der Waals surface area contributed by atoms with Crippen LogP contribution in [-0.2, 0) is 0 Å². The number of halogens is 2. The molecule has 3 nitrogen and oxygen atoms in total. The predicted octanol–water partition coefficient (Wildman–Crippen LogP) is 8.08. The second-order valence-corrected chi connectivity index (χ2v) is 9.73. The zero-order valence-corrected chi connectivity index (χ0v) is 19.9. The number of hydrogen-bond acceptors (Lipinski definition) is 4. The number of benzene rings is 3. The van der Waals surface area contributed by atoms with E-state index in [2.05, 4.69) is 38.1 Å². The summed E-state index contributed by atoms with van der Waals surface area (Å²) in [5.41, 5.74) is 6.26. The molecule has 1 aliphatic heterocycles. The molecular weight excluding hydrogens is 453 g/mol. The first-order valence-corrected chi connectivity index (χ1v) is 12.2. The van der Waals surface area contributed by atoms with Crippen LogP contribution in [-0.4, -0.2) is 10.7 Å². The molecule has 0 amide bonds. The molecule has 0 saturated heterocycles. The molecule has 1 atom stereocenters. The Hall–Kier alpha value is -3.02. The molecule has 5 rings (SSSR count). The molecule has 0 N–H and O–H groups in total. The highest BCUT2D eigenvalue weighted by atomic mass is 35.5. The molecule has 0 bridgehead atoms. The summed E-state index contributed by atoms with van der Waals surface area (Å²) in [6.45, 7) is 4.39. The first kappa shape index (κ1) is 21.8. The lowest BCUT2D eigenvalue weighted by atomic mass is 9.95. The second kappa shape index (κ2) is 9.08. The van der Waals surface area contributed by atoms with Gasteiger partial charge in [0.05, 0.1) is 17.4 Å². The monoisotopic (exact) mass is 475 g/mol. The third-order valence-electron chi connectivity index (χ3n) is 5.90. The number of hydrogen-bond donors (Lipinski definition) is 0. The van der Waals surface area contributed by atoms with Gasteiger partial charge in [-0.15, -0.1) is 11.3 Å². The first-order valence-electron chi connectivity index (χ1n) is 10.9. The number of aromatic nitrogens is 1. The van der Waals surface area contributed by atoms with E-state index in [4.69, 9.17) is 21.7 Å². The van der Waals surface area contributed by atoms with Crippen LogP contribution < -0.4 is 5.01 Å². The molecule has 1 aromatic heterocycles. The lowest BCUT2D eigenvalue weighted by Gasteiger charge is -2.21. The maximum atomic E-state index is 13.5. The van der Waals surface area contributed by atoms with Crippen LogP contribution in [0.25, 0.3) is 11.3 Å². The fourth-order valence-corrected chi connectivity index (χ4v) is 4.95. The molecule has 2 heterocycles. The minimum absolute atomic E-state index is 0.0236. The quantitative estimate of drug-likeness (QED) is 0.292. The summed E-state index contributed by atoms with van der Waals surface area (Å²) in [5, 5.41) is 10.5. The van der Waals surface area contributed by atoms with Gasteiger partial charge in [0.15, 0.2) is 0 Å². The fraction of sp³-hybridized carbons (Fsp3) is 0.185. The molecule has 0 saturated carbocycles. The van der Waals surface area contributed by atoms with E-state index in [0.29, 0.717) is 10.9 Å². The van der Waals surface area contributed by atoms with Crippen molar-refractivity contribution in [3.8, 4) is 11.3 Å². The highest BCUT2D eigenvalue weighted by Gasteiger charge is 2.31. The van der Waals surface area contributed by atoms with Gasteiger partial charge in [0.2, 0.25) is 5.13 Å². The van der Waals surface area contributed by atoms with Crippen molar-refractivity contribution < 1.29 is 4.39 Å². The Morgan fingerprint density at radius 1 is 0.939 bits per heavy atom. The van der Waals surface area contributed by atoms with E-state index in [9.17, 15) is 4.39 Å². The van der Waals surface area contributed by atoms with Gasteiger partial charge in [-0.25, -0.2) is 14.4 Å². The van der Waals surface area contributed by atoms with Crippen LogP contribution in [0.5, 0.6) is 0 Å². The van der Waals surface area contributed by atoms with Gasteiger partial charge in [-0.05, 0) is 46.9 Å². The summed E-state index contributed by atoms with van der Waals surface area (Å²) < 4.78 is 13.5. The van der Waals surface area contributed by atoms with E-state index < -0.39 is 0 Å². The van der Waals surface area contributed by atoms with Crippen molar-refractivity contribution in [2.75, 3.05) is 5.01 Å². The Labute approximate surface area is 202 Å². The smallest absolute Gasteiger partial charge is 0.207 e. The molecular formula is C27H23ClFN3S. The fourth-order valence-electron chi connectivity index (χ4n) is 3.99. The van der Waals surface area contributed by atoms with Crippen LogP contribution in [0.1, 0.15) is 48.9 Å². The SMILES string of the molecule is CC(C)c1ccc([C@@H]2CC(c3ccc(F)cc3)=NN2c2nc(-c3ccc(Cl)cc3)cs2)cc1. The van der Waals surface area contributed by atoms with Gasteiger partial charge in [-0.2, -0.15) is 5.10 Å². The molecule has 6 heteroatoms. The molecule has 4 aromatic rings. The topological polar surface area (TPSA) is 28.5 Å². The number of anilines is 1. The van der Waals surface area contributed by atoms with Gasteiger partial charge in [0.25, 0.3) is 0 Å². The summed E-state index contributed by atoms with van der Waals surface area (Å²) in [4.78, 5) is 4.89. The van der Waals surface area contributed by atoms with E-state index >= 15 is 0 Å². The lowest BCUT2D eigenvalue weighted by Crippen LogP contribution is -2.18. The average Bonchev–Trinajstić information content (AvgIpc) is 3.48. The maximum Gasteiger partial charge on any atom is 0.207 e. The van der Waals surface area contributed by atoms with Crippen LogP contribution in [0.15, 0.2) is 83.3 Å². The molecule has 0 radical (unpaired) electrons. The van der Waals surface area contributed by atoms with Gasteiger partial charge >= 0.3 is 0 Å². The molecule has 0 unspecified atom stereocenters. The lowest BCUT2D eigenvalue weighted by molar-refractivity contribution is 0.627. The van der Waals surface area contributed by atoms with Gasteiger partial charge in [0, 0.05) is 22.4 Å². The highest BCUT2D eigenvalue weighted by molar-refractivity contribution is 7.14. The molecule has 0 fully saturated rings. The molecule has 1 aliphatic rings. The second-order valence-electron chi connectivity index (χ2n) is 8.46. The van der Waals surface area contributed by atoms with Crippen molar-refractivity contribution >= 4 is 33.8 Å². The van der Waals surface area contributed by atoms with Gasteiger partial charge < -0.3 is 0 Å². The van der Waals surface area contributed by atoms with E-state index in [1.54, 1.807) is 23.5 Å². The normalized spacial score (nSPS) is 15.8. The highest BCUT2D eigenvalue weighted by Crippen LogP contribution is 2.39. The van der Waals surface area contributed by atoms with Crippen molar-refractivity contribution in [2.24, 2.45) is 5.10 Å². The zero-order valence-electron chi connectivity index (χ0n) is 18.4.